The topological polar surface area (TPSA) is 48.2 Å². The number of benzene rings is 1. The fourth-order valence-electron chi connectivity index (χ4n) is 2.22. The fraction of sp³-hybridized carbons (Fsp3) is 0.357. The molecule has 3 nitrogen and oxygen atoms in total. The minimum atomic E-state index is -0.237. The molecule has 1 aromatic rings. The van der Waals surface area contributed by atoms with Crippen LogP contribution < -0.4 is 5.32 Å². The van der Waals surface area contributed by atoms with E-state index in [2.05, 4.69) is 24.0 Å². The van der Waals surface area contributed by atoms with Gasteiger partial charge < -0.3 is 4.74 Å². The molecule has 1 saturated heterocycles. The normalized spacial score (nSPS) is 26.3. The van der Waals surface area contributed by atoms with Crippen LogP contribution >= 0.6 is 0 Å². The number of hydrogen-bond donors (Lipinski definition) is 1. The van der Waals surface area contributed by atoms with Crippen LogP contribution in [0.2, 0.25) is 0 Å². The van der Waals surface area contributed by atoms with Crippen molar-refractivity contribution >= 4 is 5.97 Å². The van der Waals surface area contributed by atoms with Gasteiger partial charge in [-0.1, -0.05) is 36.4 Å². The van der Waals surface area contributed by atoms with Gasteiger partial charge in [0.25, 0.3) is 0 Å². The second kappa shape index (κ2) is 4.72. The highest BCUT2D eigenvalue weighted by atomic mass is 16.5. The van der Waals surface area contributed by atoms with E-state index in [1.165, 1.54) is 12.5 Å². The number of esters is 1. The van der Waals surface area contributed by atoms with Gasteiger partial charge in [-0.05, 0) is 12.0 Å². The number of nitrogens with one attached hydrogen (secondary N) is 1. The summed E-state index contributed by atoms with van der Waals surface area (Å²) in [5, 5.41) is 3.41. The molecule has 1 fully saturated rings. The van der Waals surface area contributed by atoms with Crippen molar-refractivity contribution in [3.8, 4) is 0 Å². The van der Waals surface area contributed by atoms with Gasteiger partial charge in [-0.25, -0.2) is 0 Å². The largest absolute Gasteiger partial charge is 0.464 e. The van der Waals surface area contributed by atoms with E-state index < -0.39 is 0 Å². The quantitative estimate of drug-likeness (QED) is 0.479. The summed E-state index contributed by atoms with van der Waals surface area (Å²) in [7, 11) is 0. The standard InChI is InChI=1S/C14H17NO2/c1-3-9-14(12-7-5-4-6-8-12)13(15-14)10-17-11(2)16/h3-8,13,15H,1,9-10H2,2H3/t13-,14-/m1/s1. The van der Waals surface area contributed by atoms with Gasteiger partial charge in [-0.3, -0.25) is 10.1 Å². The molecule has 1 heterocycles. The van der Waals surface area contributed by atoms with Gasteiger partial charge in [0, 0.05) is 6.92 Å². The molecular weight excluding hydrogens is 214 g/mol. The third-order valence-corrected chi connectivity index (χ3v) is 3.15. The summed E-state index contributed by atoms with van der Waals surface area (Å²) in [5.41, 5.74) is 1.12. The molecule has 0 unspecified atom stereocenters. The lowest BCUT2D eigenvalue weighted by Crippen LogP contribution is -2.17. The Balaban J connectivity index is 2.09. The Labute approximate surface area is 101 Å². The third kappa shape index (κ3) is 2.39. The summed E-state index contributed by atoms with van der Waals surface area (Å²) in [6, 6.07) is 10.4. The van der Waals surface area contributed by atoms with Crippen LogP contribution in [-0.2, 0) is 15.1 Å². The maximum Gasteiger partial charge on any atom is 0.302 e. The lowest BCUT2D eigenvalue weighted by molar-refractivity contribution is -0.141. The van der Waals surface area contributed by atoms with Gasteiger partial charge in [0.05, 0.1) is 11.6 Å². The van der Waals surface area contributed by atoms with Crippen molar-refractivity contribution in [2.75, 3.05) is 6.61 Å². The first-order valence-corrected chi connectivity index (χ1v) is 5.76. The minimum Gasteiger partial charge on any atom is -0.464 e. The van der Waals surface area contributed by atoms with Gasteiger partial charge in [0.1, 0.15) is 6.61 Å². The van der Waals surface area contributed by atoms with Crippen molar-refractivity contribution < 1.29 is 9.53 Å². The third-order valence-electron chi connectivity index (χ3n) is 3.15. The summed E-state index contributed by atoms with van der Waals surface area (Å²) in [5.74, 6) is -0.237. The molecule has 0 saturated carbocycles. The summed E-state index contributed by atoms with van der Waals surface area (Å²) >= 11 is 0. The lowest BCUT2D eigenvalue weighted by Gasteiger charge is -2.13. The molecule has 1 N–H and O–H groups in total. The number of hydrogen-bond acceptors (Lipinski definition) is 3. The molecule has 17 heavy (non-hydrogen) atoms. The minimum absolute atomic E-state index is 0.0987. The molecule has 2 atom stereocenters. The van der Waals surface area contributed by atoms with E-state index in [9.17, 15) is 4.79 Å². The summed E-state index contributed by atoms with van der Waals surface area (Å²) in [6.07, 6.45) is 2.73. The second-order valence-corrected chi connectivity index (χ2v) is 4.33. The molecule has 0 amide bonds. The first-order valence-electron chi connectivity index (χ1n) is 5.76. The van der Waals surface area contributed by atoms with Crippen LogP contribution in [0.1, 0.15) is 18.9 Å². The van der Waals surface area contributed by atoms with E-state index in [1.54, 1.807) is 0 Å². The zero-order chi connectivity index (χ0) is 12.3. The zero-order valence-electron chi connectivity index (χ0n) is 9.98. The SMILES string of the molecule is C=CC[C@]1(c2ccccc2)N[C@@H]1COC(C)=O. The second-order valence-electron chi connectivity index (χ2n) is 4.33. The number of carbonyl (C=O) groups excluding carboxylic acids is 1. The number of ether oxygens (including phenoxy) is 1. The molecule has 1 aliphatic rings. The molecule has 0 radical (unpaired) electrons. The average molecular weight is 231 g/mol. The highest BCUT2D eigenvalue weighted by Crippen LogP contribution is 2.41. The molecule has 0 aromatic heterocycles. The van der Waals surface area contributed by atoms with E-state index in [0.717, 1.165) is 6.42 Å². The lowest BCUT2D eigenvalue weighted by atomic mass is 9.92. The average Bonchev–Trinajstić information content (AvgIpc) is 3.03. The van der Waals surface area contributed by atoms with Gasteiger partial charge >= 0.3 is 5.97 Å². The van der Waals surface area contributed by atoms with Crippen LogP contribution in [0.25, 0.3) is 0 Å². The van der Waals surface area contributed by atoms with E-state index in [1.807, 2.05) is 24.3 Å². The molecule has 1 aliphatic heterocycles. The molecule has 90 valence electrons. The molecule has 0 aliphatic carbocycles. The van der Waals surface area contributed by atoms with E-state index in [-0.39, 0.29) is 17.6 Å². The van der Waals surface area contributed by atoms with Crippen molar-refractivity contribution in [3.05, 3.63) is 48.6 Å². The summed E-state index contributed by atoms with van der Waals surface area (Å²) in [4.78, 5) is 10.8. The smallest absolute Gasteiger partial charge is 0.302 e. The Bertz CT molecular complexity index is 415. The first-order chi connectivity index (χ1) is 8.19. The van der Waals surface area contributed by atoms with E-state index in [4.69, 9.17) is 4.74 Å². The van der Waals surface area contributed by atoms with Crippen molar-refractivity contribution in [3.63, 3.8) is 0 Å². The molecule has 1 aromatic carbocycles. The Morgan fingerprint density at radius 2 is 2.24 bits per heavy atom. The van der Waals surface area contributed by atoms with Crippen LogP contribution in [0, 0.1) is 0 Å². The van der Waals surface area contributed by atoms with Gasteiger partial charge in [-0.2, -0.15) is 0 Å². The molecular formula is C14H17NO2. The zero-order valence-corrected chi connectivity index (χ0v) is 9.98. The van der Waals surface area contributed by atoms with Crippen LogP contribution in [0.15, 0.2) is 43.0 Å². The van der Waals surface area contributed by atoms with Crippen molar-refractivity contribution in [2.24, 2.45) is 0 Å². The van der Waals surface area contributed by atoms with Gasteiger partial charge in [-0.15, -0.1) is 6.58 Å². The van der Waals surface area contributed by atoms with Gasteiger partial charge in [0.15, 0.2) is 0 Å². The molecule has 0 bridgehead atoms. The Morgan fingerprint density at radius 3 is 2.82 bits per heavy atom. The fourth-order valence-corrected chi connectivity index (χ4v) is 2.22. The first kappa shape index (κ1) is 11.9. The highest BCUT2D eigenvalue weighted by Gasteiger charge is 2.54. The predicted molar refractivity (Wildman–Crippen MR) is 66.5 cm³/mol. The van der Waals surface area contributed by atoms with Crippen LogP contribution in [0.3, 0.4) is 0 Å². The Kier molecular flexibility index (Phi) is 3.29. The highest BCUT2D eigenvalue weighted by molar-refractivity contribution is 5.66. The van der Waals surface area contributed by atoms with Crippen molar-refractivity contribution in [1.29, 1.82) is 0 Å². The number of carbonyl (C=O) groups is 1. The molecule has 3 heteroatoms. The van der Waals surface area contributed by atoms with Crippen LogP contribution in [0.5, 0.6) is 0 Å². The molecule has 0 spiro atoms. The summed E-state index contributed by atoms with van der Waals surface area (Å²) < 4.78 is 5.05. The Hall–Kier alpha value is -1.61. The van der Waals surface area contributed by atoms with Crippen LogP contribution in [0.4, 0.5) is 0 Å². The molecule has 2 rings (SSSR count). The monoisotopic (exact) mass is 231 g/mol. The Morgan fingerprint density at radius 1 is 1.53 bits per heavy atom. The van der Waals surface area contributed by atoms with Crippen LogP contribution in [-0.4, -0.2) is 18.6 Å². The van der Waals surface area contributed by atoms with E-state index >= 15 is 0 Å². The predicted octanol–water partition coefficient (Wildman–Crippen LogP) is 1.99. The van der Waals surface area contributed by atoms with Crippen molar-refractivity contribution in [2.45, 2.75) is 24.9 Å². The van der Waals surface area contributed by atoms with E-state index in [0.29, 0.717) is 6.61 Å². The van der Waals surface area contributed by atoms with Gasteiger partial charge in [0.2, 0.25) is 0 Å². The van der Waals surface area contributed by atoms with Crippen molar-refractivity contribution in [1.82, 2.24) is 5.32 Å². The maximum atomic E-state index is 10.8. The maximum absolute atomic E-state index is 10.8. The summed E-state index contributed by atoms with van der Waals surface area (Å²) in [6.45, 7) is 5.64. The number of rotatable bonds is 5.